The minimum Gasteiger partial charge on any atom is -0.389 e. The van der Waals surface area contributed by atoms with Gasteiger partial charge >= 0.3 is 0 Å². The van der Waals surface area contributed by atoms with E-state index in [0.29, 0.717) is 25.3 Å². The second-order valence-electron chi connectivity index (χ2n) is 6.17. The van der Waals surface area contributed by atoms with Gasteiger partial charge in [0.2, 0.25) is 0 Å². The molecule has 0 unspecified atom stereocenters. The van der Waals surface area contributed by atoms with Crippen molar-refractivity contribution < 1.29 is 9.84 Å². The monoisotopic (exact) mass is 257 g/mol. The topological polar surface area (TPSA) is 41.5 Å². The highest BCUT2D eigenvalue weighted by Crippen LogP contribution is 2.20. The Morgan fingerprint density at radius 2 is 1.83 bits per heavy atom. The van der Waals surface area contributed by atoms with E-state index in [1.807, 2.05) is 0 Å². The quantitative estimate of drug-likeness (QED) is 0.667. The van der Waals surface area contributed by atoms with Gasteiger partial charge in [0.25, 0.3) is 0 Å². The molecule has 0 spiro atoms. The fourth-order valence-corrected chi connectivity index (χ4v) is 2.38. The standard InChI is InChI=1S/C15H31NO2/c1-12(2)8-9-13(3)16-10-14(17)11-18-15-6-4-5-7-15/h12-17H,4-11H2,1-3H3/t13-,14-/m0/s1. The van der Waals surface area contributed by atoms with Crippen LogP contribution in [0.3, 0.4) is 0 Å². The smallest absolute Gasteiger partial charge is 0.0897 e. The first-order valence-electron chi connectivity index (χ1n) is 7.61. The summed E-state index contributed by atoms with van der Waals surface area (Å²) in [5.41, 5.74) is 0. The van der Waals surface area contributed by atoms with Gasteiger partial charge in [0.15, 0.2) is 0 Å². The molecule has 0 aromatic heterocycles. The number of ether oxygens (including phenoxy) is 1. The van der Waals surface area contributed by atoms with E-state index in [9.17, 15) is 5.11 Å². The van der Waals surface area contributed by atoms with Gasteiger partial charge in [-0.05, 0) is 38.5 Å². The average molecular weight is 257 g/mol. The molecule has 0 aromatic rings. The van der Waals surface area contributed by atoms with Crippen molar-refractivity contribution in [1.82, 2.24) is 5.32 Å². The van der Waals surface area contributed by atoms with E-state index in [1.165, 1.54) is 38.5 Å². The van der Waals surface area contributed by atoms with Gasteiger partial charge in [-0.25, -0.2) is 0 Å². The van der Waals surface area contributed by atoms with Crippen LogP contribution in [0.5, 0.6) is 0 Å². The summed E-state index contributed by atoms with van der Waals surface area (Å²) in [5.74, 6) is 0.755. The number of nitrogens with one attached hydrogen (secondary N) is 1. The zero-order valence-electron chi connectivity index (χ0n) is 12.3. The zero-order chi connectivity index (χ0) is 13.4. The summed E-state index contributed by atoms with van der Waals surface area (Å²) in [6, 6.07) is 0.480. The van der Waals surface area contributed by atoms with Crippen LogP contribution in [0.15, 0.2) is 0 Å². The molecule has 3 heteroatoms. The second-order valence-corrected chi connectivity index (χ2v) is 6.17. The van der Waals surface area contributed by atoms with E-state index in [1.54, 1.807) is 0 Å². The normalized spacial score (nSPS) is 20.5. The Morgan fingerprint density at radius 3 is 2.44 bits per heavy atom. The summed E-state index contributed by atoms with van der Waals surface area (Å²) in [4.78, 5) is 0. The molecule has 108 valence electrons. The minimum atomic E-state index is -0.368. The molecule has 3 nitrogen and oxygen atoms in total. The third-order valence-corrected chi connectivity index (χ3v) is 3.71. The summed E-state index contributed by atoms with van der Waals surface area (Å²) in [7, 11) is 0. The van der Waals surface area contributed by atoms with Crippen LogP contribution >= 0.6 is 0 Å². The molecule has 1 saturated carbocycles. The fraction of sp³-hybridized carbons (Fsp3) is 1.00. The summed E-state index contributed by atoms with van der Waals surface area (Å²) in [6.45, 7) is 7.81. The highest BCUT2D eigenvalue weighted by Gasteiger charge is 2.17. The van der Waals surface area contributed by atoms with Crippen molar-refractivity contribution in [1.29, 1.82) is 0 Å². The Labute approximate surface area is 112 Å². The van der Waals surface area contributed by atoms with Crippen molar-refractivity contribution in [3.05, 3.63) is 0 Å². The van der Waals surface area contributed by atoms with Crippen LogP contribution in [0.2, 0.25) is 0 Å². The largest absolute Gasteiger partial charge is 0.389 e. The molecule has 0 saturated heterocycles. The molecule has 0 bridgehead atoms. The predicted molar refractivity (Wildman–Crippen MR) is 75.8 cm³/mol. The number of hydrogen-bond donors (Lipinski definition) is 2. The fourth-order valence-electron chi connectivity index (χ4n) is 2.38. The van der Waals surface area contributed by atoms with Gasteiger partial charge < -0.3 is 15.2 Å². The first kappa shape index (κ1) is 15.9. The molecule has 0 radical (unpaired) electrons. The maximum Gasteiger partial charge on any atom is 0.0897 e. The van der Waals surface area contributed by atoms with Crippen molar-refractivity contribution in [2.45, 2.75) is 77.5 Å². The minimum absolute atomic E-state index is 0.368. The Balaban J connectivity index is 1.99. The number of hydrogen-bond acceptors (Lipinski definition) is 3. The van der Waals surface area contributed by atoms with Crippen LogP contribution < -0.4 is 5.32 Å². The van der Waals surface area contributed by atoms with Gasteiger partial charge in [0.05, 0.1) is 18.8 Å². The third-order valence-electron chi connectivity index (χ3n) is 3.71. The van der Waals surface area contributed by atoms with E-state index in [-0.39, 0.29) is 6.10 Å². The van der Waals surface area contributed by atoms with Crippen molar-refractivity contribution in [2.75, 3.05) is 13.2 Å². The van der Waals surface area contributed by atoms with Crippen LogP contribution in [0.1, 0.15) is 59.3 Å². The molecule has 2 N–H and O–H groups in total. The SMILES string of the molecule is CC(C)CC[C@H](C)NC[C@H](O)COC1CCCC1. The first-order chi connectivity index (χ1) is 8.58. The molecular weight excluding hydrogens is 226 g/mol. The molecule has 0 aliphatic heterocycles. The van der Waals surface area contributed by atoms with E-state index in [0.717, 1.165) is 5.92 Å². The van der Waals surface area contributed by atoms with Crippen LogP contribution in [0.4, 0.5) is 0 Å². The van der Waals surface area contributed by atoms with Gasteiger partial charge in [-0.3, -0.25) is 0 Å². The maximum atomic E-state index is 9.85. The van der Waals surface area contributed by atoms with E-state index in [2.05, 4.69) is 26.1 Å². The second kappa shape index (κ2) is 8.89. The van der Waals surface area contributed by atoms with Gasteiger partial charge in [-0.15, -0.1) is 0 Å². The molecule has 2 atom stereocenters. The number of aliphatic hydroxyl groups is 1. The van der Waals surface area contributed by atoms with E-state index in [4.69, 9.17) is 4.74 Å². The highest BCUT2D eigenvalue weighted by atomic mass is 16.5. The lowest BCUT2D eigenvalue weighted by Gasteiger charge is -2.19. The lowest BCUT2D eigenvalue weighted by Crippen LogP contribution is -2.36. The summed E-state index contributed by atoms with van der Waals surface area (Å²) >= 11 is 0. The summed E-state index contributed by atoms with van der Waals surface area (Å²) in [5, 5.41) is 13.2. The molecule has 0 heterocycles. The molecule has 0 aromatic carbocycles. The van der Waals surface area contributed by atoms with Crippen molar-refractivity contribution in [3.63, 3.8) is 0 Å². The molecule has 18 heavy (non-hydrogen) atoms. The van der Waals surface area contributed by atoms with Crippen LogP contribution in [0.25, 0.3) is 0 Å². The molecule has 1 aliphatic rings. The Hall–Kier alpha value is -0.120. The van der Waals surface area contributed by atoms with Gasteiger partial charge in [-0.2, -0.15) is 0 Å². The molecule has 1 aliphatic carbocycles. The van der Waals surface area contributed by atoms with Crippen LogP contribution in [-0.4, -0.2) is 36.5 Å². The van der Waals surface area contributed by atoms with Crippen LogP contribution in [-0.2, 0) is 4.74 Å². The van der Waals surface area contributed by atoms with Crippen molar-refractivity contribution in [2.24, 2.45) is 5.92 Å². The van der Waals surface area contributed by atoms with Gasteiger partial charge in [0.1, 0.15) is 0 Å². The third kappa shape index (κ3) is 7.34. The Kier molecular flexibility index (Phi) is 7.87. The molecule has 1 fully saturated rings. The first-order valence-corrected chi connectivity index (χ1v) is 7.61. The average Bonchev–Trinajstić information content (AvgIpc) is 2.84. The number of rotatable bonds is 9. The Bertz CT molecular complexity index is 203. The van der Waals surface area contributed by atoms with Crippen molar-refractivity contribution >= 4 is 0 Å². The van der Waals surface area contributed by atoms with E-state index < -0.39 is 0 Å². The highest BCUT2D eigenvalue weighted by molar-refractivity contribution is 4.69. The molecule has 0 amide bonds. The lowest BCUT2D eigenvalue weighted by atomic mass is 10.0. The van der Waals surface area contributed by atoms with E-state index >= 15 is 0 Å². The lowest BCUT2D eigenvalue weighted by molar-refractivity contribution is -0.00617. The predicted octanol–water partition coefficient (Wildman–Crippen LogP) is 2.72. The zero-order valence-corrected chi connectivity index (χ0v) is 12.3. The molecular formula is C15H31NO2. The Morgan fingerprint density at radius 1 is 1.17 bits per heavy atom. The summed E-state index contributed by atoms with van der Waals surface area (Å²) in [6.07, 6.45) is 7.36. The maximum absolute atomic E-state index is 9.85. The number of aliphatic hydroxyl groups excluding tert-OH is 1. The summed E-state index contributed by atoms with van der Waals surface area (Å²) < 4.78 is 5.71. The van der Waals surface area contributed by atoms with Gasteiger partial charge in [0, 0.05) is 12.6 Å². The van der Waals surface area contributed by atoms with Crippen molar-refractivity contribution in [3.8, 4) is 0 Å². The van der Waals surface area contributed by atoms with Crippen LogP contribution in [0, 0.1) is 5.92 Å². The molecule has 1 rings (SSSR count). The van der Waals surface area contributed by atoms with Gasteiger partial charge in [-0.1, -0.05) is 26.7 Å².